The standard InChI is InChI=1S/C18H28N2O/c1-7-15-11-13(3)14(4)12-17(15)19-16(8-2)9-10-18(21)20(5)6/h7,11-12,16H,8-10H2,1-6H3/b15-7-,19-17-. The van der Waals surface area contributed by atoms with Crippen LogP contribution >= 0.6 is 0 Å². The zero-order chi connectivity index (χ0) is 16.0. The third kappa shape index (κ3) is 5.00. The van der Waals surface area contributed by atoms with E-state index in [9.17, 15) is 4.79 Å². The highest BCUT2D eigenvalue weighted by molar-refractivity contribution is 6.12. The first-order valence-corrected chi connectivity index (χ1v) is 7.70. The highest BCUT2D eigenvalue weighted by atomic mass is 16.2. The van der Waals surface area contributed by atoms with Gasteiger partial charge < -0.3 is 4.90 Å². The van der Waals surface area contributed by atoms with Crippen LogP contribution in [0.5, 0.6) is 0 Å². The molecule has 1 rings (SSSR count). The van der Waals surface area contributed by atoms with Crippen molar-refractivity contribution in [1.29, 1.82) is 0 Å². The van der Waals surface area contributed by atoms with E-state index in [0.717, 1.165) is 18.6 Å². The molecule has 3 nitrogen and oxygen atoms in total. The number of aliphatic imine (C=N–C) groups is 1. The second-order valence-corrected chi connectivity index (χ2v) is 5.80. The van der Waals surface area contributed by atoms with Crippen LogP contribution in [0.1, 0.15) is 47.0 Å². The molecule has 1 atom stereocenters. The molecule has 21 heavy (non-hydrogen) atoms. The number of carbonyl (C=O) groups is 1. The van der Waals surface area contributed by atoms with Gasteiger partial charge in [0.15, 0.2) is 0 Å². The Kier molecular flexibility index (Phi) is 6.60. The number of hydrogen-bond acceptors (Lipinski definition) is 2. The fraction of sp³-hybridized carbons (Fsp3) is 0.556. The lowest BCUT2D eigenvalue weighted by Gasteiger charge is -2.18. The fourth-order valence-electron chi connectivity index (χ4n) is 2.24. The van der Waals surface area contributed by atoms with Crippen LogP contribution in [-0.2, 0) is 4.79 Å². The summed E-state index contributed by atoms with van der Waals surface area (Å²) in [4.78, 5) is 18.2. The van der Waals surface area contributed by atoms with Crippen molar-refractivity contribution < 1.29 is 4.79 Å². The molecule has 0 bridgehead atoms. The van der Waals surface area contributed by atoms with Crippen LogP contribution in [0.15, 0.2) is 39.9 Å². The van der Waals surface area contributed by atoms with Gasteiger partial charge in [0.05, 0.1) is 11.8 Å². The number of carbonyl (C=O) groups excluding carboxylic acids is 1. The van der Waals surface area contributed by atoms with Gasteiger partial charge in [0, 0.05) is 20.5 Å². The van der Waals surface area contributed by atoms with Crippen LogP contribution < -0.4 is 0 Å². The van der Waals surface area contributed by atoms with Crippen molar-refractivity contribution in [2.75, 3.05) is 14.1 Å². The van der Waals surface area contributed by atoms with Gasteiger partial charge in [0.1, 0.15) is 0 Å². The first-order valence-electron chi connectivity index (χ1n) is 7.70. The summed E-state index contributed by atoms with van der Waals surface area (Å²) in [5, 5.41) is 0. The minimum atomic E-state index is 0.172. The topological polar surface area (TPSA) is 32.7 Å². The van der Waals surface area contributed by atoms with E-state index in [1.165, 1.54) is 16.7 Å². The molecule has 0 aliphatic heterocycles. The van der Waals surface area contributed by atoms with Gasteiger partial charge in [-0.1, -0.05) is 13.0 Å². The molecule has 0 aromatic rings. The van der Waals surface area contributed by atoms with Gasteiger partial charge in [-0.05, 0) is 62.5 Å². The first kappa shape index (κ1) is 17.4. The van der Waals surface area contributed by atoms with Gasteiger partial charge in [-0.2, -0.15) is 0 Å². The third-order valence-electron chi connectivity index (χ3n) is 3.94. The molecule has 1 aliphatic carbocycles. The first-order chi connectivity index (χ1) is 9.88. The molecule has 0 saturated carbocycles. The average molecular weight is 288 g/mol. The molecule has 1 aliphatic rings. The second kappa shape index (κ2) is 7.96. The zero-order valence-electron chi connectivity index (χ0n) is 14.2. The zero-order valence-corrected chi connectivity index (χ0v) is 14.2. The predicted octanol–water partition coefficient (Wildman–Crippen LogP) is 3.93. The van der Waals surface area contributed by atoms with Crippen LogP contribution in [0, 0.1) is 0 Å². The lowest BCUT2D eigenvalue weighted by Crippen LogP contribution is -2.23. The molecular weight excluding hydrogens is 260 g/mol. The van der Waals surface area contributed by atoms with E-state index in [2.05, 4.69) is 39.0 Å². The average Bonchev–Trinajstić information content (AvgIpc) is 2.45. The molecule has 3 heteroatoms. The van der Waals surface area contributed by atoms with Crippen LogP contribution in [0.4, 0.5) is 0 Å². The van der Waals surface area contributed by atoms with Gasteiger partial charge in [0.25, 0.3) is 0 Å². The maximum atomic E-state index is 11.7. The number of nitrogens with zero attached hydrogens (tertiary/aromatic N) is 2. The lowest BCUT2D eigenvalue weighted by molar-refractivity contribution is -0.128. The maximum Gasteiger partial charge on any atom is 0.222 e. The normalized spacial score (nSPS) is 20.3. The Labute approximate surface area is 129 Å². The van der Waals surface area contributed by atoms with E-state index in [-0.39, 0.29) is 11.9 Å². The number of hydrogen-bond donors (Lipinski definition) is 0. The summed E-state index contributed by atoms with van der Waals surface area (Å²) in [6.07, 6.45) is 8.77. The van der Waals surface area contributed by atoms with Gasteiger partial charge >= 0.3 is 0 Å². The van der Waals surface area contributed by atoms with E-state index >= 15 is 0 Å². The van der Waals surface area contributed by atoms with Gasteiger partial charge in [-0.3, -0.25) is 9.79 Å². The number of allylic oxidation sites excluding steroid dienone is 6. The summed E-state index contributed by atoms with van der Waals surface area (Å²) in [5.41, 5.74) is 4.77. The molecule has 1 unspecified atom stereocenters. The van der Waals surface area contributed by atoms with E-state index in [1.807, 2.05) is 6.92 Å². The van der Waals surface area contributed by atoms with Crippen molar-refractivity contribution in [2.24, 2.45) is 4.99 Å². The molecule has 0 heterocycles. The van der Waals surface area contributed by atoms with Crippen LogP contribution in [0.3, 0.4) is 0 Å². The summed E-state index contributed by atoms with van der Waals surface area (Å²) >= 11 is 0. The van der Waals surface area contributed by atoms with Crippen molar-refractivity contribution in [2.45, 2.75) is 53.0 Å². The molecular formula is C18H28N2O. The summed E-state index contributed by atoms with van der Waals surface area (Å²) < 4.78 is 0. The molecule has 0 saturated heterocycles. The molecule has 0 spiro atoms. The highest BCUT2D eigenvalue weighted by Crippen LogP contribution is 2.21. The lowest BCUT2D eigenvalue weighted by atomic mass is 9.94. The maximum absolute atomic E-state index is 11.7. The highest BCUT2D eigenvalue weighted by Gasteiger charge is 2.14. The van der Waals surface area contributed by atoms with E-state index in [4.69, 9.17) is 4.99 Å². The minimum absolute atomic E-state index is 0.172. The predicted molar refractivity (Wildman–Crippen MR) is 90.7 cm³/mol. The summed E-state index contributed by atoms with van der Waals surface area (Å²) in [6.45, 7) is 8.41. The Morgan fingerprint density at radius 1 is 1.29 bits per heavy atom. The molecule has 0 aromatic carbocycles. The number of rotatable bonds is 5. The van der Waals surface area contributed by atoms with Crippen molar-refractivity contribution in [3.63, 3.8) is 0 Å². The van der Waals surface area contributed by atoms with Crippen LogP contribution in [0.2, 0.25) is 0 Å². The van der Waals surface area contributed by atoms with Gasteiger partial charge in [-0.15, -0.1) is 0 Å². The Morgan fingerprint density at radius 2 is 1.90 bits per heavy atom. The van der Waals surface area contributed by atoms with Crippen molar-refractivity contribution in [3.8, 4) is 0 Å². The Bertz CT molecular complexity index is 507. The quantitative estimate of drug-likeness (QED) is 0.754. The SMILES string of the molecule is C/C=C1/C=C(C)C(C)=C/C1=N/C(CC)CCC(=O)N(C)C. The van der Waals surface area contributed by atoms with E-state index < -0.39 is 0 Å². The monoisotopic (exact) mass is 288 g/mol. The summed E-state index contributed by atoms with van der Waals surface area (Å²) in [5.74, 6) is 0.172. The molecule has 0 N–H and O–H groups in total. The van der Waals surface area contributed by atoms with Crippen molar-refractivity contribution in [3.05, 3.63) is 34.9 Å². The smallest absolute Gasteiger partial charge is 0.222 e. The second-order valence-electron chi connectivity index (χ2n) is 5.80. The molecule has 116 valence electrons. The third-order valence-corrected chi connectivity index (χ3v) is 3.94. The number of amides is 1. The van der Waals surface area contributed by atoms with Crippen molar-refractivity contribution in [1.82, 2.24) is 4.90 Å². The molecule has 0 aromatic heterocycles. The Morgan fingerprint density at radius 3 is 2.43 bits per heavy atom. The van der Waals surface area contributed by atoms with E-state index in [0.29, 0.717) is 6.42 Å². The van der Waals surface area contributed by atoms with Gasteiger partial charge in [0.2, 0.25) is 5.91 Å². The van der Waals surface area contributed by atoms with E-state index in [1.54, 1.807) is 19.0 Å². The fourth-order valence-corrected chi connectivity index (χ4v) is 2.24. The Balaban J connectivity index is 2.85. The summed E-state index contributed by atoms with van der Waals surface area (Å²) in [6, 6.07) is 0.203. The molecule has 0 radical (unpaired) electrons. The van der Waals surface area contributed by atoms with Crippen LogP contribution in [0.25, 0.3) is 0 Å². The van der Waals surface area contributed by atoms with Crippen molar-refractivity contribution >= 4 is 11.6 Å². The Hall–Kier alpha value is -1.64. The minimum Gasteiger partial charge on any atom is -0.349 e. The molecule has 1 amide bonds. The van der Waals surface area contributed by atoms with Crippen LogP contribution in [-0.4, -0.2) is 36.7 Å². The summed E-state index contributed by atoms with van der Waals surface area (Å²) in [7, 11) is 3.60. The largest absolute Gasteiger partial charge is 0.349 e. The molecule has 0 fully saturated rings. The van der Waals surface area contributed by atoms with Gasteiger partial charge in [-0.25, -0.2) is 0 Å².